The molecule has 1 heterocycles. The van der Waals surface area contributed by atoms with E-state index < -0.39 is 5.91 Å². The number of nitrogens with two attached hydrogens (primary N) is 2. The van der Waals surface area contributed by atoms with Crippen molar-refractivity contribution in [2.24, 2.45) is 11.5 Å². The maximum atomic E-state index is 11.8. The van der Waals surface area contributed by atoms with Gasteiger partial charge in [-0.1, -0.05) is 32.9 Å². The molecule has 2 rings (SSSR count). The standard InChI is InChI=1S/C18H25N5O/c1-4-14-15(11(2)3)23-18(16(22-14)17(20)24)21-13-7-5-6-12(10-13)8-9-19/h5-7,10-11H,4,8-9,19H2,1-3H3,(H2,20,24)(H,21,23). The van der Waals surface area contributed by atoms with Gasteiger partial charge in [0.15, 0.2) is 11.5 Å². The number of primary amides is 1. The van der Waals surface area contributed by atoms with Gasteiger partial charge >= 0.3 is 0 Å². The van der Waals surface area contributed by atoms with Crippen molar-refractivity contribution in [1.82, 2.24) is 9.97 Å². The van der Waals surface area contributed by atoms with Crippen LogP contribution in [-0.4, -0.2) is 22.4 Å². The highest BCUT2D eigenvalue weighted by Crippen LogP contribution is 2.24. The molecule has 6 heteroatoms. The number of hydrogen-bond acceptors (Lipinski definition) is 5. The van der Waals surface area contributed by atoms with Crippen LogP contribution in [0.1, 0.15) is 54.1 Å². The van der Waals surface area contributed by atoms with E-state index in [9.17, 15) is 4.79 Å². The highest BCUT2D eigenvalue weighted by atomic mass is 16.1. The Labute approximate surface area is 142 Å². The predicted molar refractivity (Wildman–Crippen MR) is 96.5 cm³/mol. The zero-order valence-electron chi connectivity index (χ0n) is 14.5. The van der Waals surface area contributed by atoms with E-state index in [-0.39, 0.29) is 11.6 Å². The Morgan fingerprint density at radius 3 is 2.62 bits per heavy atom. The molecule has 0 saturated carbocycles. The third-order valence-electron chi connectivity index (χ3n) is 3.74. The molecule has 0 atom stereocenters. The van der Waals surface area contributed by atoms with E-state index in [1.165, 1.54) is 0 Å². The molecule has 1 aromatic carbocycles. The van der Waals surface area contributed by atoms with E-state index in [2.05, 4.69) is 29.1 Å². The van der Waals surface area contributed by atoms with Gasteiger partial charge < -0.3 is 16.8 Å². The van der Waals surface area contributed by atoms with Crippen molar-refractivity contribution < 1.29 is 4.79 Å². The van der Waals surface area contributed by atoms with Crippen LogP contribution in [-0.2, 0) is 12.8 Å². The van der Waals surface area contributed by atoms with E-state index in [4.69, 9.17) is 11.5 Å². The Balaban J connectivity index is 2.46. The van der Waals surface area contributed by atoms with Crippen molar-refractivity contribution in [3.63, 3.8) is 0 Å². The number of nitrogens with one attached hydrogen (secondary N) is 1. The van der Waals surface area contributed by atoms with Crippen molar-refractivity contribution in [3.05, 3.63) is 46.9 Å². The molecule has 2 aromatic rings. The summed E-state index contributed by atoms with van der Waals surface area (Å²) in [4.78, 5) is 20.9. The zero-order valence-corrected chi connectivity index (χ0v) is 14.5. The van der Waals surface area contributed by atoms with Gasteiger partial charge in [-0.15, -0.1) is 0 Å². The van der Waals surface area contributed by atoms with Crippen LogP contribution < -0.4 is 16.8 Å². The van der Waals surface area contributed by atoms with Gasteiger partial charge in [0, 0.05) is 5.69 Å². The Hall–Kier alpha value is -2.47. The molecule has 128 valence electrons. The molecule has 0 aliphatic rings. The minimum absolute atomic E-state index is 0.167. The minimum Gasteiger partial charge on any atom is -0.364 e. The maximum absolute atomic E-state index is 11.8. The molecule has 0 bridgehead atoms. The van der Waals surface area contributed by atoms with E-state index in [1.54, 1.807) is 0 Å². The number of hydrogen-bond donors (Lipinski definition) is 3. The topological polar surface area (TPSA) is 107 Å². The van der Waals surface area contributed by atoms with Crippen molar-refractivity contribution in [3.8, 4) is 0 Å². The lowest BCUT2D eigenvalue weighted by atomic mass is 10.1. The van der Waals surface area contributed by atoms with Gasteiger partial charge in [0.1, 0.15) is 0 Å². The maximum Gasteiger partial charge on any atom is 0.271 e. The second-order valence-corrected chi connectivity index (χ2v) is 5.99. The SMILES string of the molecule is CCc1nc(C(N)=O)c(Nc2cccc(CCN)c2)nc1C(C)C. The first-order chi connectivity index (χ1) is 11.5. The van der Waals surface area contributed by atoms with Gasteiger partial charge in [0.25, 0.3) is 5.91 Å². The summed E-state index contributed by atoms with van der Waals surface area (Å²) >= 11 is 0. The molecule has 0 fully saturated rings. The first-order valence-corrected chi connectivity index (χ1v) is 8.22. The van der Waals surface area contributed by atoms with Crippen LogP contribution in [0.2, 0.25) is 0 Å². The van der Waals surface area contributed by atoms with Crippen LogP contribution in [0.25, 0.3) is 0 Å². The predicted octanol–water partition coefficient (Wildman–Crippen LogP) is 2.51. The smallest absolute Gasteiger partial charge is 0.271 e. The molecule has 0 aliphatic heterocycles. The highest BCUT2D eigenvalue weighted by molar-refractivity contribution is 5.96. The summed E-state index contributed by atoms with van der Waals surface area (Å²) in [6.45, 7) is 6.68. The molecule has 0 saturated heterocycles. The number of anilines is 2. The Morgan fingerprint density at radius 2 is 2.04 bits per heavy atom. The van der Waals surface area contributed by atoms with E-state index >= 15 is 0 Å². The number of benzene rings is 1. The molecule has 0 unspecified atom stereocenters. The number of nitrogens with zero attached hydrogens (tertiary/aromatic N) is 2. The highest BCUT2D eigenvalue weighted by Gasteiger charge is 2.18. The fourth-order valence-electron chi connectivity index (χ4n) is 2.57. The van der Waals surface area contributed by atoms with Gasteiger partial charge in [0.05, 0.1) is 11.4 Å². The second kappa shape index (κ2) is 7.88. The minimum atomic E-state index is -0.590. The van der Waals surface area contributed by atoms with Crippen LogP contribution in [0.4, 0.5) is 11.5 Å². The third-order valence-corrected chi connectivity index (χ3v) is 3.74. The van der Waals surface area contributed by atoms with E-state index in [0.717, 1.165) is 29.1 Å². The molecule has 0 spiro atoms. The lowest BCUT2D eigenvalue weighted by Gasteiger charge is -2.16. The van der Waals surface area contributed by atoms with Crippen LogP contribution >= 0.6 is 0 Å². The van der Waals surface area contributed by atoms with Crippen LogP contribution in [0.15, 0.2) is 24.3 Å². The van der Waals surface area contributed by atoms with Gasteiger partial charge in [0.2, 0.25) is 0 Å². The number of carbonyl (C=O) groups is 1. The number of rotatable bonds is 7. The fraction of sp³-hybridized carbons (Fsp3) is 0.389. The summed E-state index contributed by atoms with van der Waals surface area (Å²) in [5.41, 5.74) is 14.9. The number of amides is 1. The average Bonchev–Trinajstić information content (AvgIpc) is 2.54. The monoisotopic (exact) mass is 327 g/mol. The summed E-state index contributed by atoms with van der Waals surface area (Å²) < 4.78 is 0. The molecule has 0 radical (unpaired) electrons. The van der Waals surface area contributed by atoms with Crippen molar-refractivity contribution in [1.29, 1.82) is 0 Å². The normalized spacial score (nSPS) is 10.9. The van der Waals surface area contributed by atoms with Crippen molar-refractivity contribution in [2.45, 2.75) is 39.5 Å². The van der Waals surface area contributed by atoms with Gasteiger partial charge in [-0.05, 0) is 43.0 Å². The number of aryl methyl sites for hydroxylation is 1. The lowest BCUT2D eigenvalue weighted by molar-refractivity contribution is 0.0996. The number of carbonyl (C=O) groups excluding carboxylic acids is 1. The van der Waals surface area contributed by atoms with Crippen molar-refractivity contribution in [2.75, 3.05) is 11.9 Å². The summed E-state index contributed by atoms with van der Waals surface area (Å²) in [6, 6.07) is 7.85. The Bertz CT molecular complexity index is 727. The molecular weight excluding hydrogens is 302 g/mol. The molecule has 0 aliphatic carbocycles. The first-order valence-electron chi connectivity index (χ1n) is 8.22. The molecule has 1 amide bonds. The van der Waals surface area contributed by atoms with Crippen LogP contribution in [0, 0.1) is 0 Å². The molecular formula is C18H25N5O. The van der Waals surface area contributed by atoms with E-state index in [0.29, 0.717) is 18.8 Å². The largest absolute Gasteiger partial charge is 0.364 e. The van der Waals surface area contributed by atoms with E-state index in [1.807, 2.05) is 31.2 Å². The quantitative estimate of drug-likeness (QED) is 0.724. The Kier molecular flexibility index (Phi) is 5.87. The molecule has 5 N–H and O–H groups in total. The third kappa shape index (κ3) is 4.08. The first kappa shape index (κ1) is 17.9. The molecule has 24 heavy (non-hydrogen) atoms. The summed E-state index contributed by atoms with van der Waals surface area (Å²) in [7, 11) is 0. The lowest BCUT2D eigenvalue weighted by Crippen LogP contribution is -2.19. The second-order valence-electron chi connectivity index (χ2n) is 5.99. The van der Waals surface area contributed by atoms with Gasteiger partial charge in [-0.25, -0.2) is 9.97 Å². The fourth-order valence-corrected chi connectivity index (χ4v) is 2.57. The summed E-state index contributed by atoms with van der Waals surface area (Å²) in [5.74, 6) is 0.0138. The average molecular weight is 327 g/mol. The molecule has 1 aromatic heterocycles. The molecule has 6 nitrogen and oxygen atoms in total. The van der Waals surface area contributed by atoms with Crippen molar-refractivity contribution >= 4 is 17.4 Å². The Morgan fingerprint density at radius 1 is 1.29 bits per heavy atom. The van der Waals surface area contributed by atoms with Crippen LogP contribution in [0.5, 0.6) is 0 Å². The number of aromatic nitrogens is 2. The van der Waals surface area contributed by atoms with Gasteiger partial charge in [-0.3, -0.25) is 4.79 Å². The summed E-state index contributed by atoms with van der Waals surface area (Å²) in [6.07, 6.45) is 1.49. The zero-order chi connectivity index (χ0) is 17.7. The van der Waals surface area contributed by atoms with Gasteiger partial charge in [-0.2, -0.15) is 0 Å². The van der Waals surface area contributed by atoms with Crippen LogP contribution in [0.3, 0.4) is 0 Å². The summed E-state index contributed by atoms with van der Waals surface area (Å²) in [5, 5.41) is 3.18.